The number of hydrogen-bond acceptors (Lipinski definition) is 3. The van der Waals surface area contributed by atoms with Crippen LogP contribution in [0.1, 0.15) is 40.5 Å². The summed E-state index contributed by atoms with van der Waals surface area (Å²) in [6.07, 6.45) is 1.59. The molecule has 2 aliphatic heterocycles. The minimum absolute atomic E-state index is 0.0435. The van der Waals surface area contributed by atoms with Crippen molar-refractivity contribution in [3.63, 3.8) is 0 Å². The van der Waals surface area contributed by atoms with Crippen LogP contribution in [-0.4, -0.2) is 23.3 Å². The zero-order valence-electron chi connectivity index (χ0n) is 11.7. The zero-order valence-corrected chi connectivity index (χ0v) is 12.5. The van der Waals surface area contributed by atoms with Crippen LogP contribution in [0.2, 0.25) is 0 Å². The summed E-state index contributed by atoms with van der Waals surface area (Å²) in [4.78, 5) is 24.1. The van der Waals surface area contributed by atoms with Crippen LogP contribution in [-0.2, 0) is 9.59 Å². The van der Waals surface area contributed by atoms with Crippen LogP contribution in [0.15, 0.2) is 0 Å². The first-order valence-electron chi connectivity index (χ1n) is 6.72. The molecule has 0 aromatic carbocycles. The minimum Gasteiger partial charge on any atom is -0.296 e. The summed E-state index contributed by atoms with van der Waals surface area (Å²) in [5, 5.41) is 2.53. The summed E-state index contributed by atoms with van der Waals surface area (Å²) in [5.41, 5.74) is -0.107. The highest BCUT2D eigenvalue weighted by Gasteiger charge is 2.58. The van der Waals surface area contributed by atoms with Crippen LogP contribution in [0.5, 0.6) is 0 Å². The van der Waals surface area contributed by atoms with Gasteiger partial charge in [-0.2, -0.15) is 11.8 Å². The Morgan fingerprint density at radius 3 is 2.56 bits per heavy atom. The average Bonchev–Trinajstić information content (AvgIpc) is 2.20. The van der Waals surface area contributed by atoms with Gasteiger partial charge < -0.3 is 0 Å². The van der Waals surface area contributed by atoms with E-state index in [2.05, 4.69) is 33.0 Å². The Labute approximate surface area is 113 Å². The second-order valence-electron chi connectivity index (χ2n) is 6.65. The first-order chi connectivity index (χ1) is 8.30. The lowest BCUT2D eigenvalue weighted by Gasteiger charge is -2.56. The summed E-state index contributed by atoms with van der Waals surface area (Å²) in [5.74, 6) is 2.15. The highest BCUT2D eigenvalue weighted by Crippen LogP contribution is 2.58. The maximum Gasteiger partial charge on any atom is 0.230 e. The van der Waals surface area contributed by atoms with E-state index >= 15 is 0 Å². The third-order valence-corrected chi connectivity index (χ3v) is 6.07. The van der Waals surface area contributed by atoms with E-state index in [-0.39, 0.29) is 34.5 Å². The largest absolute Gasteiger partial charge is 0.296 e. The first-order valence-corrected chi connectivity index (χ1v) is 7.87. The molecule has 0 aromatic rings. The van der Waals surface area contributed by atoms with Gasteiger partial charge in [-0.25, -0.2) is 0 Å². The van der Waals surface area contributed by atoms with Gasteiger partial charge in [0.2, 0.25) is 11.8 Å². The van der Waals surface area contributed by atoms with E-state index in [4.69, 9.17) is 0 Å². The predicted octanol–water partition coefficient (Wildman–Crippen LogP) is 2.45. The van der Waals surface area contributed by atoms with Crippen molar-refractivity contribution in [2.75, 3.05) is 11.5 Å². The van der Waals surface area contributed by atoms with Crippen molar-refractivity contribution in [2.24, 2.45) is 22.7 Å². The molecule has 0 radical (unpaired) electrons. The SMILES string of the molecule is CC(C)C1C(=O)NC(=O)CC12CSCCC2(C)C. The molecule has 3 nitrogen and oxygen atoms in total. The van der Waals surface area contributed by atoms with Gasteiger partial charge in [0.15, 0.2) is 0 Å². The Morgan fingerprint density at radius 2 is 2.00 bits per heavy atom. The topological polar surface area (TPSA) is 46.2 Å². The van der Waals surface area contributed by atoms with Crippen molar-refractivity contribution in [3.8, 4) is 0 Å². The molecule has 2 fully saturated rings. The number of imide groups is 1. The maximum atomic E-state index is 12.3. The third-order valence-electron chi connectivity index (χ3n) is 4.86. The van der Waals surface area contributed by atoms with Gasteiger partial charge >= 0.3 is 0 Å². The fraction of sp³-hybridized carbons (Fsp3) is 0.857. The number of nitrogens with one attached hydrogen (secondary N) is 1. The third kappa shape index (κ3) is 1.98. The molecule has 0 saturated carbocycles. The van der Waals surface area contributed by atoms with Crippen molar-refractivity contribution < 1.29 is 9.59 Å². The van der Waals surface area contributed by atoms with E-state index in [9.17, 15) is 9.59 Å². The zero-order chi connectivity index (χ0) is 13.6. The molecule has 2 amide bonds. The summed E-state index contributed by atoms with van der Waals surface area (Å²) in [6, 6.07) is 0. The maximum absolute atomic E-state index is 12.3. The molecule has 2 unspecified atom stereocenters. The van der Waals surface area contributed by atoms with Gasteiger partial charge in [0.1, 0.15) is 0 Å². The highest BCUT2D eigenvalue weighted by atomic mass is 32.2. The molecule has 1 N–H and O–H groups in total. The lowest BCUT2D eigenvalue weighted by atomic mass is 9.53. The molecule has 0 bridgehead atoms. The molecule has 2 rings (SSSR count). The summed E-state index contributed by atoms with van der Waals surface area (Å²) in [6.45, 7) is 8.65. The standard InChI is InChI=1S/C14H23NO2S/c1-9(2)11-12(17)15-10(16)7-14(11)8-18-6-5-13(14,3)4/h9,11H,5-8H2,1-4H3,(H,15,16,17). The van der Waals surface area contributed by atoms with Crippen molar-refractivity contribution in [3.05, 3.63) is 0 Å². The number of carbonyl (C=O) groups excluding carboxylic acids is 2. The molecule has 1 spiro atoms. The quantitative estimate of drug-likeness (QED) is 0.744. The fourth-order valence-electron chi connectivity index (χ4n) is 3.67. The van der Waals surface area contributed by atoms with Crippen molar-refractivity contribution in [1.82, 2.24) is 5.32 Å². The molecular formula is C14H23NO2S. The van der Waals surface area contributed by atoms with Crippen LogP contribution in [0, 0.1) is 22.7 Å². The minimum atomic E-state index is -0.163. The molecule has 0 aliphatic carbocycles. The Balaban J connectivity index is 2.47. The van der Waals surface area contributed by atoms with Gasteiger partial charge in [0, 0.05) is 23.5 Å². The summed E-state index contributed by atoms with van der Waals surface area (Å²) in [7, 11) is 0. The lowest BCUT2D eigenvalue weighted by Crippen LogP contribution is -2.61. The van der Waals surface area contributed by atoms with Gasteiger partial charge in [0.05, 0.1) is 0 Å². The molecule has 18 heavy (non-hydrogen) atoms. The normalized spacial score (nSPS) is 35.9. The van der Waals surface area contributed by atoms with Gasteiger partial charge in [-0.1, -0.05) is 27.7 Å². The van der Waals surface area contributed by atoms with Crippen LogP contribution in [0.25, 0.3) is 0 Å². The smallest absolute Gasteiger partial charge is 0.230 e. The van der Waals surface area contributed by atoms with E-state index in [1.54, 1.807) is 0 Å². The van der Waals surface area contributed by atoms with Crippen LogP contribution < -0.4 is 5.32 Å². The van der Waals surface area contributed by atoms with Gasteiger partial charge in [-0.3, -0.25) is 14.9 Å². The lowest BCUT2D eigenvalue weighted by molar-refractivity contribution is -0.152. The van der Waals surface area contributed by atoms with E-state index < -0.39 is 0 Å². The van der Waals surface area contributed by atoms with Crippen molar-refractivity contribution in [2.45, 2.75) is 40.5 Å². The molecule has 4 heteroatoms. The molecule has 2 saturated heterocycles. The molecule has 0 aromatic heterocycles. The highest BCUT2D eigenvalue weighted by molar-refractivity contribution is 7.99. The number of piperidine rings is 1. The van der Waals surface area contributed by atoms with Gasteiger partial charge in [0.25, 0.3) is 0 Å². The number of amides is 2. The number of carbonyl (C=O) groups is 2. The van der Waals surface area contributed by atoms with Crippen molar-refractivity contribution >= 4 is 23.6 Å². The van der Waals surface area contributed by atoms with Crippen LogP contribution >= 0.6 is 11.8 Å². The van der Waals surface area contributed by atoms with Crippen LogP contribution in [0.4, 0.5) is 0 Å². The number of hydrogen-bond donors (Lipinski definition) is 1. The van der Waals surface area contributed by atoms with Crippen molar-refractivity contribution in [1.29, 1.82) is 0 Å². The predicted molar refractivity (Wildman–Crippen MR) is 74.3 cm³/mol. The number of rotatable bonds is 1. The fourth-order valence-corrected chi connectivity index (χ4v) is 5.51. The Morgan fingerprint density at radius 1 is 1.33 bits per heavy atom. The van der Waals surface area contributed by atoms with E-state index in [0.717, 1.165) is 17.9 Å². The van der Waals surface area contributed by atoms with Gasteiger partial charge in [-0.15, -0.1) is 0 Å². The summed E-state index contributed by atoms with van der Waals surface area (Å²) < 4.78 is 0. The summed E-state index contributed by atoms with van der Waals surface area (Å²) >= 11 is 1.90. The monoisotopic (exact) mass is 269 g/mol. The Hall–Kier alpha value is -0.510. The molecule has 2 heterocycles. The van der Waals surface area contributed by atoms with Gasteiger partial charge in [-0.05, 0) is 23.5 Å². The Bertz CT molecular complexity index is 378. The average molecular weight is 269 g/mol. The van der Waals surface area contributed by atoms with E-state index in [1.807, 2.05) is 11.8 Å². The second-order valence-corrected chi connectivity index (χ2v) is 7.76. The second kappa shape index (κ2) is 4.55. The van der Waals surface area contributed by atoms with Crippen LogP contribution in [0.3, 0.4) is 0 Å². The Kier molecular flexibility index (Phi) is 3.52. The molecule has 2 atom stereocenters. The molecule has 2 aliphatic rings. The number of thioether (sulfide) groups is 1. The van der Waals surface area contributed by atoms with E-state index in [1.165, 1.54) is 0 Å². The molecular weight excluding hydrogens is 246 g/mol. The first kappa shape index (κ1) is 13.9. The molecule has 102 valence electrons. The van der Waals surface area contributed by atoms with E-state index in [0.29, 0.717) is 6.42 Å².